The Kier molecular flexibility index (Phi) is 5.46. The van der Waals surface area contributed by atoms with Crippen molar-refractivity contribution < 1.29 is 28.9 Å². The summed E-state index contributed by atoms with van der Waals surface area (Å²) in [5.41, 5.74) is 0.357. The summed E-state index contributed by atoms with van der Waals surface area (Å²) >= 11 is 0. The Labute approximate surface area is 168 Å². The molecule has 0 saturated carbocycles. The highest BCUT2D eigenvalue weighted by atomic mass is 16.6. The summed E-state index contributed by atoms with van der Waals surface area (Å²) < 4.78 is 16.6. The molecule has 1 unspecified atom stereocenters. The molecule has 1 atom stereocenters. The summed E-state index contributed by atoms with van der Waals surface area (Å²) in [6.07, 6.45) is 0.284. The molecule has 1 heterocycles. The van der Waals surface area contributed by atoms with Crippen LogP contribution in [0.2, 0.25) is 0 Å². The maximum absolute atomic E-state index is 12.1. The molecule has 1 aliphatic rings. The Morgan fingerprint density at radius 2 is 1.90 bits per heavy atom. The van der Waals surface area contributed by atoms with Crippen molar-refractivity contribution in [3.05, 3.63) is 53.1 Å². The van der Waals surface area contributed by atoms with Crippen molar-refractivity contribution in [2.24, 2.45) is 0 Å². The van der Waals surface area contributed by atoms with Gasteiger partial charge in [-0.3, -0.25) is 0 Å². The number of carboxylic acid groups (broad SMARTS) is 1. The Morgan fingerprint density at radius 1 is 1.21 bits per heavy atom. The van der Waals surface area contributed by atoms with E-state index in [2.05, 4.69) is 0 Å². The Balaban J connectivity index is 1.84. The normalized spacial score (nSPS) is 15.4. The van der Waals surface area contributed by atoms with Crippen LogP contribution >= 0.6 is 0 Å². The van der Waals surface area contributed by atoms with Crippen molar-refractivity contribution in [2.75, 3.05) is 6.61 Å². The third-order valence-corrected chi connectivity index (χ3v) is 4.27. The maximum atomic E-state index is 12.1. The molecule has 0 N–H and O–H groups in total. The average molecular weight is 394 g/mol. The fourth-order valence-electron chi connectivity index (χ4n) is 2.96. The summed E-state index contributed by atoms with van der Waals surface area (Å²) in [5.74, 6) is -1.49. The first-order valence-corrected chi connectivity index (χ1v) is 9.11. The second kappa shape index (κ2) is 7.84. The molecule has 1 aliphatic heterocycles. The second-order valence-corrected chi connectivity index (χ2v) is 7.64. The molecule has 2 aromatic rings. The van der Waals surface area contributed by atoms with Crippen LogP contribution in [0.5, 0.6) is 17.2 Å². The minimum absolute atomic E-state index is 0.178. The van der Waals surface area contributed by atoms with Crippen LogP contribution in [-0.2, 0) is 9.53 Å². The number of fused-ring (bicyclic) bond motifs is 1. The number of carboxylic acids is 1. The third kappa shape index (κ3) is 4.66. The smallest absolute Gasteiger partial charge is 0.338 e. The molecule has 7 nitrogen and oxygen atoms in total. The molecule has 0 bridgehead atoms. The van der Waals surface area contributed by atoms with Crippen LogP contribution in [0.3, 0.4) is 0 Å². The number of rotatable bonds is 4. The number of esters is 1. The van der Waals surface area contributed by atoms with Crippen LogP contribution in [0.4, 0.5) is 0 Å². The number of benzene rings is 2. The van der Waals surface area contributed by atoms with E-state index in [1.165, 1.54) is 12.1 Å². The van der Waals surface area contributed by atoms with Gasteiger partial charge in [0.1, 0.15) is 28.9 Å². The van der Waals surface area contributed by atoms with Crippen LogP contribution in [-0.4, -0.2) is 24.1 Å². The van der Waals surface area contributed by atoms with E-state index in [-0.39, 0.29) is 24.3 Å². The van der Waals surface area contributed by atoms with Crippen LogP contribution in [0, 0.1) is 11.3 Å². The van der Waals surface area contributed by atoms with E-state index in [0.29, 0.717) is 22.6 Å². The monoisotopic (exact) mass is 394 g/mol. The zero-order chi connectivity index (χ0) is 21.2. The highest BCUT2D eigenvalue weighted by molar-refractivity contribution is 5.89. The molecule has 0 radical (unpaired) electrons. The first kappa shape index (κ1) is 20.2. The van der Waals surface area contributed by atoms with Crippen LogP contribution in [0.25, 0.3) is 0 Å². The number of hydrogen-bond donors (Lipinski definition) is 0. The molecule has 150 valence electrons. The van der Waals surface area contributed by atoms with Crippen molar-refractivity contribution in [3.8, 4) is 23.3 Å². The topological polar surface area (TPSA) is 109 Å². The summed E-state index contributed by atoms with van der Waals surface area (Å²) in [7, 11) is 0. The lowest BCUT2D eigenvalue weighted by Crippen LogP contribution is -2.33. The van der Waals surface area contributed by atoms with Gasteiger partial charge in [-0.2, -0.15) is 5.26 Å². The molecule has 0 amide bonds. The molecule has 0 saturated heterocycles. The number of ether oxygens (including phenoxy) is 3. The third-order valence-electron chi connectivity index (χ3n) is 4.27. The summed E-state index contributed by atoms with van der Waals surface area (Å²) in [6.45, 7) is 5.60. The Hall–Kier alpha value is -3.53. The molecule has 7 heteroatoms. The fourth-order valence-corrected chi connectivity index (χ4v) is 2.96. The second-order valence-electron chi connectivity index (χ2n) is 7.64. The number of nitrogens with zero attached hydrogens (tertiary/aromatic N) is 1. The molecule has 2 aromatic carbocycles. The van der Waals surface area contributed by atoms with Gasteiger partial charge in [-0.05, 0) is 57.5 Å². The van der Waals surface area contributed by atoms with E-state index in [1.54, 1.807) is 45.0 Å². The molecule has 0 fully saturated rings. The predicted molar refractivity (Wildman–Crippen MR) is 101 cm³/mol. The predicted octanol–water partition coefficient (Wildman–Crippen LogP) is 2.92. The van der Waals surface area contributed by atoms with E-state index in [0.717, 1.165) is 0 Å². The van der Waals surface area contributed by atoms with Gasteiger partial charge in [0.05, 0.1) is 17.7 Å². The molecule has 0 aliphatic carbocycles. The number of aliphatic carboxylic acids is 1. The van der Waals surface area contributed by atoms with E-state index < -0.39 is 23.5 Å². The Morgan fingerprint density at radius 3 is 2.48 bits per heavy atom. The van der Waals surface area contributed by atoms with E-state index in [4.69, 9.17) is 14.2 Å². The summed E-state index contributed by atoms with van der Waals surface area (Å²) in [6, 6.07) is 11.3. The fraction of sp³-hybridized carbons (Fsp3) is 0.318. The SMILES string of the molecule is CC(C)(C)OC(=O)c1ccc(Oc2cc3c(cc2C#N)C(C(=O)[O-])CCO3)cc1. The van der Waals surface area contributed by atoms with Crippen molar-refractivity contribution in [1.29, 1.82) is 5.26 Å². The molecule has 3 rings (SSSR count). The van der Waals surface area contributed by atoms with Gasteiger partial charge in [-0.25, -0.2) is 4.79 Å². The number of carbonyl (C=O) groups is 2. The minimum Gasteiger partial charge on any atom is -0.549 e. The summed E-state index contributed by atoms with van der Waals surface area (Å²) in [4.78, 5) is 23.4. The largest absolute Gasteiger partial charge is 0.549 e. The molecule has 0 spiro atoms. The van der Waals surface area contributed by atoms with Gasteiger partial charge >= 0.3 is 5.97 Å². The van der Waals surface area contributed by atoms with Crippen molar-refractivity contribution in [1.82, 2.24) is 0 Å². The van der Waals surface area contributed by atoms with Gasteiger partial charge < -0.3 is 24.1 Å². The van der Waals surface area contributed by atoms with E-state index >= 15 is 0 Å². The van der Waals surface area contributed by atoms with Crippen molar-refractivity contribution >= 4 is 11.9 Å². The van der Waals surface area contributed by atoms with Gasteiger partial charge in [-0.15, -0.1) is 0 Å². The number of nitriles is 1. The Bertz CT molecular complexity index is 982. The lowest BCUT2D eigenvalue weighted by molar-refractivity contribution is -0.308. The molecule has 29 heavy (non-hydrogen) atoms. The van der Waals surface area contributed by atoms with Gasteiger partial charge in [0.15, 0.2) is 0 Å². The number of hydrogen-bond acceptors (Lipinski definition) is 7. The standard InChI is InChI=1S/C22H21NO6/c1-22(2,3)29-21(26)13-4-6-15(7-5-13)28-18-11-19-17(10-14(18)12-23)16(20(24)25)8-9-27-19/h4-7,10-11,16H,8-9H2,1-3H3,(H,24,25)/p-1. The molecule has 0 aromatic heterocycles. The highest BCUT2D eigenvalue weighted by Crippen LogP contribution is 2.39. The zero-order valence-electron chi connectivity index (χ0n) is 16.4. The van der Waals surface area contributed by atoms with Crippen LogP contribution in [0.1, 0.15) is 54.6 Å². The highest BCUT2D eigenvalue weighted by Gasteiger charge is 2.25. The number of carbonyl (C=O) groups excluding carboxylic acids is 2. The lowest BCUT2D eigenvalue weighted by atomic mass is 9.91. The van der Waals surface area contributed by atoms with Gasteiger partial charge in [-0.1, -0.05) is 0 Å². The lowest BCUT2D eigenvalue weighted by Gasteiger charge is -2.27. The minimum atomic E-state index is -1.20. The molecular formula is C22H20NO6-. The van der Waals surface area contributed by atoms with Crippen LogP contribution < -0.4 is 14.6 Å². The van der Waals surface area contributed by atoms with Gasteiger partial charge in [0.25, 0.3) is 0 Å². The van der Waals surface area contributed by atoms with E-state index in [9.17, 15) is 20.0 Å². The van der Waals surface area contributed by atoms with Crippen molar-refractivity contribution in [3.63, 3.8) is 0 Å². The van der Waals surface area contributed by atoms with E-state index in [1.807, 2.05) is 6.07 Å². The van der Waals surface area contributed by atoms with Gasteiger partial charge in [0, 0.05) is 23.5 Å². The van der Waals surface area contributed by atoms with Crippen LogP contribution in [0.15, 0.2) is 36.4 Å². The maximum Gasteiger partial charge on any atom is 0.338 e. The van der Waals surface area contributed by atoms with Gasteiger partial charge in [0.2, 0.25) is 0 Å². The molecular weight excluding hydrogens is 374 g/mol. The summed E-state index contributed by atoms with van der Waals surface area (Å²) in [5, 5.41) is 20.8. The first-order chi connectivity index (χ1) is 13.7. The van der Waals surface area contributed by atoms with Crippen molar-refractivity contribution in [2.45, 2.75) is 38.7 Å². The first-order valence-electron chi connectivity index (χ1n) is 9.11. The zero-order valence-corrected chi connectivity index (χ0v) is 16.4. The quantitative estimate of drug-likeness (QED) is 0.734. The average Bonchev–Trinajstić information content (AvgIpc) is 2.66.